The average Bonchev–Trinajstić information content (AvgIpc) is 3.23. The maximum atomic E-state index is 13.5. The summed E-state index contributed by atoms with van der Waals surface area (Å²) in [5.41, 5.74) is 3.51. The highest BCUT2D eigenvalue weighted by molar-refractivity contribution is 7.99. The normalized spacial score (nSPS) is 10.8. The van der Waals surface area contributed by atoms with Gasteiger partial charge in [0.1, 0.15) is 5.82 Å². The van der Waals surface area contributed by atoms with Crippen molar-refractivity contribution in [1.29, 1.82) is 0 Å². The molecule has 0 fully saturated rings. The van der Waals surface area contributed by atoms with E-state index in [9.17, 15) is 9.18 Å². The van der Waals surface area contributed by atoms with Crippen molar-refractivity contribution in [3.8, 4) is 17.1 Å². The highest BCUT2D eigenvalue weighted by Crippen LogP contribution is 2.28. The van der Waals surface area contributed by atoms with Gasteiger partial charge >= 0.3 is 0 Å². The first-order valence-electron chi connectivity index (χ1n) is 9.93. The first-order chi connectivity index (χ1) is 15.2. The molecule has 5 nitrogen and oxygen atoms in total. The van der Waals surface area contributed by atoms with Crippen molar-refractivity contribution in [3.63, 3.8) is 0 Å². The van der Waals surface area contributed by atoms with Crippen molar-refractivity contribution in [2.45, 2.75) is 18.5 Å². The maximum Gasteiger partial charge on any atom is 0.234 e. The Morgan fingerprint density at radius 1 is 0.968 bits per heavy atom. The molecule has 0 aliphatic heterocycles. The minimum absolute atomic E-state index is 0.124. The van der Waals surface area contributed by atoms with Gasteiger partial charge in [0.15, 0.2) is 11.0 Å². The third-order valence-electron chi connectivity index (χ3n) is 4.75. The molecule has 0 aliphatic carbocycles. The van der Waals surface area contributed by atoms with Gasteiger partial charge < -0.3 is 5.32 Å². The zero-order valence-corrected chi connectivity index (χ0v) is 17.8. The predicted molar refractivity (Wildman–Crippen MR) is 122 cm³/mol. The molecule has 0 atom stereocenters. The number of anilines is 1. The second-order valence-corrected chi connectivity index (χ2v) is 7.77. The van der Waals surface area contributed by atoms with Crippen molar-refractivity contribution in [3.05, 3.63) is 90.2 Å². The van der Waals surface area contributed by atoms with E-state index in [1.807, 2.05) is 59.2 Å². The number of aromatic nitrogens is 3. The van der Waals surface area contributed by atoms with Crippen LogP contribution in [0.15, 0.2) is 84.0 Å². The summed E-state index contributed by atoms with van der Waals surface area (Å²) in [5, 5.41) is 12.2. The Morgan fingerprint density at radius 3 is 2.42 bits per heavy atom. The molecule has 31 heavy (non-hydrogen) atoms. The molecule has 0 radical (unpaired) electrons. The van der Waals surface area contributed by atoms with Gasteiger partial charge in [-0.15, -0.1) is 10.2 Å². The van der Waals surface area contributed by atoms with E-state index in [1.165, 1.54) is 23.9 Å². The fraction of sp³-hybridized carbons (Fsp3) is 0.125. The fourth-order valence-corrected chi connectivity index (χ4v) is 3.98. The standard InChI is InChI=1S/C24H21FN4OS/c1-2-17-8-6-7-11-21(17)26-22(30)16-31-24-28-27-23(18-9-4-3-5-10-18)29(24)20-14-12-19(25)13-15-20/h3-15H,2,16H2,1H3,(H,26,30). The van der Waals surface area contributed by atoms with Crippen LogP contribution in [0.3, 0.4) is 0 Å². The molecule has 4 rings (SSSR count). The number of benzene rings is 3. The second-order valence-electron chi connectivity index (χ2n) is 6.83. The Morgan fingerprint density at radius 2 is 1.68 bits per heavy atom. The summed E-state index contributed by atoms with van der Waals surface area (Å²) in [6.07, 6.45) is 0.836. The predicted octanol–water partition coefficient (Wildman–Crippen LogP) is 5.37. The number of rotatable bonds is 7. The number of amides is 1. The van der Waals surface area contributed by atoms with Gasteiger partial charge in [-0.25, -0.2) is 4.39 Å². The quantitative estimate of drug-likeness (QED) is 0.399. The van der Waals surface area contributed by atoms with Crippen molar-refractivity contribution in [1.82, 2.24) is 14.8 Å². The average molecular weight is 433 g/mol. The van der Waals surface area contributed by atoms with E-state index in [-0.39, 0.29) is 17.5 Å². The molecule has 0 spiro atoms. The number of nitrogens with one attached hydrogen (secondary N) is 1. The van der Waals surface area contributed by atoms with E-state index in [1.54, 1.807) is 12.1 Å². The zero-order valence-electron chi connectivity index (χ0n) is 17.0. The van der Waals surface area contributed by atoms with Gasteiger partial charge in [0.2, 0.25) is 5.91 Å². The van der Waals surface area contributed by atoms with Crippen LogP contribution in [0.25, 0.3) is 17.1 Å². The van der Waals surface area contributed by atoms with Crippen LogP contribution in [0.1, 0.15) is 12.5 Å². The smallest absolute Gasteiger partial charge is 0.234 e. The minimum atomic E-state index is -0.318. The van der Waals surface area contributed by atoms with E-state index in [4.69, 9.17) is 0 Å². The molecule has 0 unspecified atom stereocenters. The molecule has 1 amide bonds. The maximum absolute atomic E-state index is 13.5. The SMILES string of the molecule is CCc1ccccc1NC(=O)CSc1nnc(-c2ccccc2)n1-c1ccc(F)cc1. The molecule has 3 aromatic carbocycles. The molecular weight excluding hydrogens is 411 g/mol. The molecule has 7 heteroatoms. The second kappa shape index (κ2) is 9.57. The number of carbonyl (C=O) groups is 1. The van der Waals surface area contributed by atoms with Crippen molar-refractivity contribution < 1.29 is 9.18 Å². The molecule has 0 aliphatic rings. The number of para-hydroxylation sites is 1. The molecule has 0 saturated heterocycles. The van der Waals surface area contributed by atoms with Gasteiger partial charge in [-0.2, -0.15) is 0 Å². The molecule has 0 saturated carbocycles. The van der Waals surface area contributed by atoms with Crippen LogP contribution in [0.2, 0.25) is 0 Å². The van der Waals surface area contributed by atoms with Gasteiger partial charge in [-0.05, 0) is 42.3 Å². The largest absolute Gasteiger partial charge is 0.325 e. The molecule has 4 aromatic rings. The Kier molecular flexibility index (Phi) is 6.43. The Balaban J connectivity index is 1.59. The van der Waals surface area contributed by atoms with Crippen LogP contribution in [-0.4, -0.2) is 26.4 Å². The Labute approximate surface area is 184 Å². The summed E-state index contributed by atoms with van der Waals surface area (Å²) < 4.78 is 15.3. The van der Waals surface area contributed by atoms with Crippen LogP contribution >= 0.6 is 11.8 Å². The van der Waals surface area contributed by atoms with E-state index in [0.717, 1.165) is 28.9 Å². The monoisotopic (exact) mass is 432 g/mol. The molecule has 1 N–H and O–H groups in total. The first-order valence-corrected chi connectivity index (χ1v) is 10.9. The van der Waals surface area contributed by atoms with E-state index in [2.05, 4.69) is 22.4 Å². The number of hydrogen-bond acceptors (Lipinski definition) is 4. The number of aryl methyl sites for hydroxylation is 1. The molecular formula is C24H21FN4OS. The van der Waals surface area contributed by atoms with Gasteiger partial charge in [0.05, 0.1) is 5.75 Å². The lowest BCUT2D eigenvalue weighted by atomic mass is 10.1. The van der Waals surface area contributed by atoms with Gasteiger partial charge in [-0.3, -0.25) is 9.36 Å². The lowest BCUT2D eigenvalue weighted by Gasteiger charge is -2.11. The van der Waals surface area contributed by atoms with Crippen LogP contribution in [0, 0.1) is 5.82 Å². The van der Waals surface area contributed by atoms with Crippen LogP contribution in [0.4, 0.5) is 10.1 Å². The van der Waals surface area contributed by atoms with Crippen molar-refractivity contribution in [2.24, 2.45) is 0 Å². The summed E-state index contributed by atoms with van der Waals surface area (Å²) in [5.74, 6) is 0.361. The van der Waals surface area contributed by atoms with Crippen LogP contribution in [-0.2, 0) is 11.2 Å². The molecule has 1 aromatic heterocycles. The summed E-state index contributed by atoms with van der Waals surface area (Å²) >= 11 is 1.29. The molecule has 1 heterocycles. The van der Waals surface area contributed by atoms with E-state index < -0.39 is 0 Å². The summed E-state index contributed by atoms with van der Waals surface area (Å²) in [6, 6.07) is 23.5. The Bertz CT molecular complexity index is 1180. The topological polar surface area (TPSA) is 59.8 Å². The number of nitrogens with zero attached hydrogens (tertiary/aromatic N) is 3. The summed E-state index contributed by atoms with van der Waals surface area (Å²) in [7, 11) is 0. The van der Waals surface area contributed by atoms with Crippen LogP contribution in [0.5, 0.6) is 0 Å². The van der Waals surface area contributed by atoms with Gasteiger partial charge in [0, 0.05) is 16.9 Å². The lowest BCUT2D eigenvalue weighted by molar-refractivity contribution is -0.113. The zero-order chi connectivity index (χ0) is 21.6. The first kappa shape index (κ1) is 20.8. The number of halogens is 1. The van der Waals surface area contributed by atoms with Crippen LogP contribution < -0.4 is 5.32 Å². The van der Waals surface area contributed by atoms with Crippen molar-refractivity contribution in [2.75, 3.05) is 11.1 Å². The highest BCUT2D eigenvalue weighted by atomic mass is 32.2. The fourth-order valence-electron chi connectivity index (χ4n) is 3.23. The summed E-state index contributed by atoms with van der Waals surface area (Å²) in [4.78, 5) is 12.6. The van der Waals surface area contributed by atoms with Gasteiger partial charge in [-0.1, -0.05) is 67.2 Å². The van der Waals surface area contributed by atoms with Crippen molar-refractivity contribution >= 4 is 23.4 Å². The van der Waals surface area contributed by atoms with E-state index in [0.29, 0.717) is 11.0 Å². The third-order valence-corrected chi connectivity index (χ3v) is 5.68. The third kappa shape index (κ3) is 4.83. The number of carbonyl (C=O) groups excluding carboxylic acids is 1. The summed E-state index contributed by atoms with van der Waals surface area (Å²) in [6.45, 7) is 2.05. The van der Waals surface area contributed by atoms with E-state index >= 15 is 0 Å². The molecule has 0 bridgehead atoms. The highest BCUT2D eigenvalue weighted by Gasteiger charge is 2.17. The number of hydrogen-bond donors (Lipinski definition) is 1. The Hall–Kier alpha value is -3.45. The van der Waals surface area contributed by atoms with Gasteiger partial charge in [0.25, 0.3) is 0 Å². The lowest BCUT2D eigenvalue weighted by Crippen LogP contribution is -2.15. The molecule has 156 valence electrons. The minimum Gasteiger partial charge on any atom is -0.325 e. The number of thioether (sulfide) groups is 1.